The van der Waals surface area contributed by atoms with E-state index in [0.717, 1.165) is 44.8 Å². The minimum absolute atomic E-state index is 0. The van der Waals surface area contributed by atoms with Crippen LogP contribution in [0, 0.1) is 11.2 Å². The highest BCUT2D eigenvalue weighted by Gasteiger charge is 2.38. The maximum atomic E-state index is 13.4. The van der Waals surface area contributed by atoms with E-state index in [4.69, 9.17) is 0 Å². The molecule has 0 aliphatic carbocycles. The average Bonchev–Trinajstić information content (AvgIpc) is 2.55. The molecule has 0 atom stereocenters. The van der Waals surface area contributed by atoms with E-state index in [9.17, 15) is 22.4 Å². The monoisotopic (exact) mass is 380 g/mol. The van der Waals surface area contributed by atoms with Crippen LogP contribution < -0.4 is 5.32 Å². The van der Waals surface area contributed by atoms with Crippen molar-refractivity contribution in [3.05, 3.63) is 35.1 Å². The van der Waals surface area contributed by atoms with Crippen LogP contribution in [0.5, 0.6) is 0 Å². The molecule has 2 aliphatic rings. The van der Waals surface area contributed by atoms with Gasteiger partial charge in [-0.1, -0.05) is 0 Å². The predicted octanol–water partition coefficient (Wildman–Crippen LogP) is 3.87. The first-order valence-corrected chi connectivity index (χ1v) is 8.18. The van der Waals surface area contributed by atoms with E-state index >= 15 is 0 Å². The second-order valence-electron chi connectivity index (χ2n) is 6.73. The normalized spacial score (nSPS) is 20.2. The molecule has 1 aromatic rings. The summed E-state index contributed by atoms with van der Waals surface area (Å²) in [5.74, 6) is -1.81. The molecule has 0 saturated carbocycles. The molecule has 0 radical (unpaired) electrons. The number of halogens is 5. The highest BCUT2D eigenvalue weighted by molar-refractivity contribution is 5.94. The highest BCUT2D eigenvalue weighted by Crippen LogP contribution is 2.40. The van der Waals surface area contributed by atoms with Gasteiger partial charge in [-0.3, -0.25) is 4.79 Å². The Morgan fingerprint density at radius 1 is 1.08 bits per heavy atom. The number of carbonyl (C=O) groups is 1. The summed E-state index contributed by atoms with van der Waals surface area (Å²) in [6, 6.07) is 2.46. The highest BCUT2D eigenvalue weighted by atomic mass is 35.5. The lowest BCUT2D eigenvalue weighted by Gasteiger charge is -2.44. The molecular formula is C17H21ClF4N2O. The molecular weight excluding hydrogens is 360 g/mol. The van der Waals surface area contributed by atoms with Gasteiger partial charge in [0.05, 0.1) is 5.56 Å². The number of hydrogen-bond acceptors (Lipinski definition) is 2. The van der Waals surface area contributed by atoms with Gasteiger partial charge in [0.25, 0.3) is 5.91 Å². The zero-order valence-corrected chi connectivity index (χ0v) is 14.5. The van der Waals surface area contributed by atoms with Crippen molar-refractivity contribution in [1.82, 2.24) is 10.2 Å². The topological polar surface area (TPSA) is 32.3 Å². The molecule has 140 valence electrons. The Labute approximate surface area is 150 Å². The molecule has 1 amide bonds. The van der Waals surface area contributed by atoms with Crippen LogP contribution in [-0.2, 0) is 6.18 Å². The molecule has 2 saturated heterocycles. The second-order valence-corrected chi connectivity index (χ2v) is 6.73. The lowest BCUT2D eigenvalue weighted by Crippen LogP contribution is -2.47. The van der Waals surface area contributed by atoms with Gasteiger partial charge in [0.2, 0.25) is 0 Å². The Morgan fingerprint density at radius 3 is 2.24 bits per heavy atom. The van der Waals surface area contributed by atoms with E-state index in [0.29, 0.717) is 25.2 Å². The van der Waals surface area contributed by atoms with Crippen molar-refractivity contribution in [2.75, 3.05) is 26.2 Å². The van der Waals surface area contributed by atoms with Crippen molar-refractivity contribution >= 4 is 18.3 Å². The van der Waals surface area contributed by atoms with Crippen molar-refractivity contribution in [1.29, 1.82) is 0 Å². The van der Waals surface area contributed by atoms with Crippen molar-refractivity contribution in [3.8, 4) is 0 Å². The second kappa shape index (κ2) is 7.50. The summed E-state index contributed by atoms with van der Waals surface area (Å²) in [5, 5.41) is 3.32. The molecule has 25 heavy (non-hydrogen) atoms. The van der Waals surface area contributed by atoms with Gasteiger partial charge in [0.1, 0.15) is 5.82 Å². The summed E-state index contributed by atoms with van der Waals surface area (Å²) in [4.78, 5) is 14.1. The summed E-state index contributed by atoms with van der Waals surface area (Å²) in [7, 11) is 0. The molecule has 2 fully saturated rings. The van der Waals surface area contributed by atoms with Crippen LogP contribution in [0.3, 0.4) is 0 Å². The van der Waals surface area contributed by atoms with Crippen molar-refractivity contribution in [3.63, 3.8) is 0 Å². The third kappa shape index (κ3) is 4.26. The minimum Gasteiger partial charge on any atom is -0.339 e. The number of likely N-dealkylation sites (tertiary alicyclic amines) is 1. The Morgan fingerprint density at radius 2 is 1.68 bits per heavy atom. The molecule has 0 unspecified atom stereocenters. The van der Waals surface area contributed by atoms with Gasteiger partial charge in [-0.2, -0.15) is 13.2 Å². The molecule has 2 aliphatic heterocycles. The Bertz CT molecular complexity index is 620. The smallest absolute Gasteiger partial charge is 0.339 e. The molecule has 8 heteroatoms. The van der Waals surface area contributed by atoms with Crippen LogP contribution >= 0.6 is 12.4 Å². The van der Waals surface area contributed by atoms with Gasteiger partial charge < -0.3 is 10.2 Å². The maximum absolute atomic E-state index is 13.4. The van der Waals surface area contributed by atoms with Crippen molar-refractivity contribution in [2.24, 2.45) is 5.41 Å². The van der Waals surface area contributed by atoms with Gasteiger partial charge >= 0.3 is 6.18 Å². The Balaban J connectivity index is 0.00000225. The van der Waals surface area contributed by atoms with Gasteiger partial charge in [-0.15, -0.1) is 12.4 Å². The van der Waals surface area contributed by atoms with Crippen LogP contribution in [0.15, 0.2) is 18.2 Å². The Kier molecular flexibility index (Phi) is 5.99. The molecule has 1 spiro atoms. The number of nitrogens with zero attached hydrogens (tertiary/aromatic N) is 1. The van der Waals surface area contributed by atoms with Crippen molar-refractivity contribution < 1.29 is 22.4 Å². The molecule has 0 aromatic heterocycles. The zero-order valence-electron chi connectivity index (χ0n) is 13.7. The lowest BCUT2D eigenvalue weighted by atomic mass is 9.71. The van der Waals surface area contributed by atoms with Crippen LogP contribution in [0.4, 0.5) is 17.6 Å². The number of nitrogens with one attached hydrogen (secondary N) is 1. The summed E-state index contributed by atoms with van der Waals surface area (Å²) in [5.41, 5.74) is -1.24. The first kappa shape index (κ1) is 20.0. The number of hydrogen-bond donors (Lipinski definition) is 1. The molecule has 3 rings (SSSR count). The summed E-state index contributed by atoms with van der Waals surface area (Å²) < 4.78 is 51.8. The van der Waals surface area contributed by atoms with E-state index in [1.165, 1.54) is 0 Å². The van der Waals surface area contributed by atoms with E-state index in [-0.39, 0.29) is 23.4 Å². The molecule has 0 bridgehead atoms. The largest absolute Gasteiger partial charge is 0.419 e. The van der Waals surface area contributed by atoms with Crippen molar-refractivity contribution in [2.45, 2.75) is 31.9 Å². The standard InChI is InChI=1S/C17H20F4N2O.ClH/c18-14-2-1-12(11-13(14)17(19,20)21)15(24)23-9-5-16(6-10-23)3-7-22-8-4-16;/h1-2,11,22H,3-10H2;1H. The van der Waals surface area contributed by atoms with Gasteiger partial charge in [0.15, 0.2) is 0 Å². The molecule has 3 nitrogen and oxygen atoms in total. The summed E-state index contributed by atoms with van der Waals surface area (Å²) >= 11 is 0. The summed E-state index contributed by atoms with van der Waals surface area (Å²) in [6.07, 6.45) is -0.920. The predicted molar refractivity (Wildman–Crippen MR) is 88.3 cm³/mol. The third-order valence-corrected chi connectivity index (χ3v) is 5.29. The minimum atomic E-state index is -4.80. The number of piperidine rings is 2. The summed E-state index contributed by atoms with van der Waals surface area (Å²) in [6.45, 7) is 3.02. The van der Waals surface area contributed by atoms with E-state index in [2.05, 4.69) is 5.32 Å². The van der Waals surface area contributed by atoms with Crippen LogP contribution in [0.2, 0.25) is 0 Å². The lowest BCUT2D eigenvalue weighted by molar-refractivity contribution is -0.140. The average molecular weight is 381 g/mol. The van der Waals surface area contributed by atoms with Gasteiger partial charge in [-0.05, 0) is 62.4 Å². The first-order valence-electron chi connectivity index (χ1n) is 8.18. The Hall–Kier alpha value is -1.34. The van der Waals surface area contributed by atoms with Crippen LogP contribution in [-0.4, -0.2) is 37.0 Å². The van der Waals surface area contributed by atoms with E-state index in [1.807, 2.05) is 0 Å². The molecule has 2 heterocycles. The fourth-order valence-electron chi connectivity index (χ4n) is 3.70. The SMILES string of the molecule is Cl.O=C(c1ccc(F)c(C(F)(F)F)c1)N1CCC2(CCNCC2)CC1. The first-order chi connectivity index (χ1) is 11.3. The van der Waals surface area contributed by atoms with Gasteiger partial charge in [-0.25, -0.2) is 4.39 Å². The molecule has 1 N–H and O–H groups in total. The quantitative estimate of drug-likeness (QED) is 0.750. The molecule has 1 aromatic carbocycles. The van der Waals surface area contributed by atoms with E-state index < -0.39 is 23.5 Å². The van der Waals surface area contributed by atoms with Crippen LogP contribution in [0.1, 0.15) is 41.6 Å². The van der Waals surface area contributed by atoms with Gasteiger partial charge in [0, 0.05) is 18.7 Å². The fraction of sp³-hybridized carbons (Fsp3) is 0.588. The number of rotatable bonds is 1. The number of alkyl halides is 3. The maximum Gasteiger partial charge on any atom is 0.419 e. The zero-order chi connectivity index (χ0) is 17.4. The fourth-order valence-corrected chi connectivity index (χ4v) is 3.70. The van der Waals surface area contributed by atoms with E-state index in [1.54, 1.807) is 4.90 Å². The number of benzene rings is 1. The van der Waals surface area contributed by atoms with Crippen LogP contribution in [0.25, 0.3) is 0 Å². The third-order valence-electron chi connectivity index (χ3n) is 5.29. The number of carbonyl (C=O) groups excluding carboxylic acids is 1. The number of amides is 1.